The van der Waals surface area contributed by atoms with E-state index in [1.165, 1.54) is 16.8 Å². The van der Waals surface area contributed by atoms with Gasteiger partial charge in [-0.05, 0) is 49.6 Å². The van der Waals surface area contributed by atoms with E-state index in [4.69, 9.17) is 4.74 Å². The molecule has 4 heteroatoms. The fourth-order valence-corrected chi connectivity index (χ4v) is 3.36. The van der Waals surface area contributed by atoms with Gasteiger partial charge in [0.05, 0.1) is 7.11 Å². The van der Waals surface area contributed by atoms with Crippen molar-refractivity contribution in [3.63, 3.8) is 0 Å². The number of piperazine rings is 1. The molecule has 0 atom stereocenters. The van der Waals surface area contributed by atoms with Crippen LogP contribution in [0.2, 0.25) is 0 Å². The molecular formula is C22H28N2O2. The van der Waals surface area contributed by atoms with E-state index in [0.717, 1.165) is 44.8 Å². The highest BCUT2D eigenvalue weighted by molar-refractivity contribution is 5.76. The van der Waals surface area contributed by atoms with Crippen LogP contribution in [-0.4, -0.2) is 44.1 Å². The lowest BCUT2D eigenvalue weighted by molar-refractivity contribution is -0.131. The van der Waals surface area contributed by atoms with E-state index in [2.05, 4.69) is 48.2 Å². The second-order valence-corrected chi connectivity index (χ2v) is 6.91. The minimum Gasteiger partial charge on any atom is -0.497 e. The molecule has 0 spiro atoms. The predicted octanol–water partition coefficient (Wildman–Crippen LogP) is 3.68. The molecule has 0 aliphatic carbocycles. The van der Waals surface area contributed by atoms with Gasteiger partial charge in [0, 0.05) is 38.3 Å². The number of hydrogen-bond acceptors (Lipinski definition) is 3. The second-order valence-electron chi connectivity index (χ2n) is 6.91. The van der Waals surface area contributed by atoms with Crippen LogP contribution in [0.3, 0.4) is 0 Å². The van der Waals surface area contributed by atoms with Crippen LogP contribution in [0, 0.1) is 6.92 Å². The number of nitrogens with zero attached hydrogens (tertiary/aromatic N) is 2. The van der Waals surface area contributed by atoms with Crippen molar-refractivity contribution >= 4 is 11.6 Å². The van der Waals surface area contributed by atoms with Gasteiger partial charge in [0.25, 0.3) is 0 Å². The van der Waals surface area contributed by atoms with Crippen LogP contribution in [0.5, 0.6) is 5.75 Å². The van der Waals surface area contributed by atoms with Gasteiger partial charge in [0.1, 0.15) is 5.75 Å². The number of benzene rings is 2. The summed E-state index contributed by atoms with van der Waals surface area (Å²) in [7, 11) is 1.68. The quantitative estimate of drug-likeness (QED) is 0.795. The van der Waals surface area contributed by atoms with Crippen LogP contribution in [0.25, 0.3) is 0 Å². The number of amides is 1. The lowest BCUT2D eigenvalue weighted by Gasteiger charge is -2.36. The molecule has 0 aromatic heterocycles. The molecule has 0 saturated carbocycles. The second kappa shape index (κ2) is 8.75. The molecule has 1 amide bonds. The summed E-state index contributed by atoms with van der Waals surface area (Å²) in [4.78, 5) is 16.8. The molecule has 2 aromatic carbocycles. The number of methoxy groups -OCH3 is 1. The number of hydrogen-bond donors (Lipinski definition) is 0. The highest BCUT2D eigenvalue weighted by Gasteiger charge is 2.20. The molecule has 0 bridgehead atoms. The Labute approximate surface area is 156 Å². The molecule has 0 radical (unpaired) electrons. The van der Waals surface area contributed by atoms with Crippen LogP contribution in [0.4, 0.5) is 5.69 Å². The average molecular weight is 352 g/mol. The van der Waals surface area contributed by atoms with E-state index < -0.39 is 0 Å². The lowest BCUT2D eigenvalue weighted by atomic mass is 10.1. The number of anilines is 1. The summed E-state index contributed by atoms with van der Waals surface area (Å²) in [6.45, 7) is 5.47. The van der Waals surface area contributed by atoms with Crippen molar-refractivity contribution in [3.05, 3.63) is 59.7 Å². The normalized spacial score (nSPS) is 14.4. The molecule has 0 unspecified atom stereocenters. The molecule has 1 fully saturated rings. The molecule has 1 aliphatic heterocycles. The van der Waals surface area contributed by atoms with Gasteiger partial charge in [0.2, 0.25) is 5.91 Å². The van der Waals surface area contributed by atoms with Crippen molar-refractivity contribution in [2.45, 2.75) is 26.2 Å². The van der Waals surface area contributed by atoms with Crippen molar-refractivity contribution in [3.8, 4) is 5.75 Å². The molecule has 138 valence electrons. The fourth-order valence-electron chi connectivity index (χ4n) is 3.36. The zero-order valence-electron chi connectivity index (χ0n) is 15.8. The van der Waals surface area contributed by atoms with E-state index in [-0.39, 0.29) is 5.91 Å². The largest absolute Gasteiger partial charge is 0.497 e. The molecular weight excluding hydrogens is 324 g/mol. The topological polar surface area (TPSA) is 32.8 Å². The smallest absolute Gasteiger partial charge is 0.222 e. The van der Waals surface area contributed by atoms with Crippen molar-refractivity contribution in [2.75, 3.05) is 38.2 Å². The third-order valence-corrected chi connectivity index (χ3v) is 5.05. The van der Waals surface area contributed by atoms with Crippen molar-refractivity contribution < 1.29 is 9.53 Å². The van der Waals surface area contributed by atoms with Crippen LogP contribution in [0.1, 0.15) is 24.0 Å². The maximum absolute atomic E-state index is 12.5. The molecule has 0 N–H and O–H groups in total. The van der Waals surface area contributed by atoms with Crippen molar-refractivity contribution in [2.24, 2.45) is 0 Å². The van der Waals surface area contributed by atoms with Crippen LogP contribution in [-0.2, 0) is 11.2 Å². The highest BCUT2D eigenvalue weighted by atomic mass is 16.5. The number of rotatable bonds is 6. The van der Waals surface area contributed by atoms with Gasteiger partial charge in [0.15, 0.2) is 0 Å². The fraction of sp³-hybridized carbons (Fsp3) is 0.409. The van der Waals surface area contributed by atoms with Crippen LogP contribution in [0.15, 0.2) is 48.5 Å². The number of ether oxygens (including phenoxy) is 1. The first-order valence-corrected chi connectivity index (χ1v) is 9.38. The number of aryl methyl sites for hydroxylation is 2. The van der Waals surface area contributed by atoms with E-state index >= 15 is 0 Å². The maximum atomic E-state index is 12.5. The molecule has 4 nitrogen and oxygen atoms in total. The molecule has 1 aliphatic rings. The highest BCUT2D eigenvalue weighted by Crippen LogP contribution is 2.20. The van der Waals surface area contributed by atoms with E-state index in [0.29, 0.717) is 6.42 Å². The number of carbonyl (C=O) groups is 1. The summed E-state index contributed by atoms with van der Waals surface area (Å²) in [6, 6.07) is 16.7. The minimum atomic E-state index is 0.284. The Bertz CT molecular complexity index is 702. The van der Waals surface area contributed by atoms with E-state index in [1.54, 1.807) is 7.11 Å². The average Bonchev–Trinajstić information content (AvgIpc) is 2.69. The van der Waals surface area contributed by atoms with Gasteiger partial charge in [-0.25, -0.2) is 0 Å². The van der Waals surface area contributed by atoms with E-state index in [1.807, 2.05) is 17.0 Å². The molecule has 2 aromatic rings. The standard InChI is InChI=1S/C22H28N2O2/c1-18-6-8-19(9-7-18)4-3-5-22(25)24-16-14-23(15-17-24)20-10-12-21(26-2)13-11-20/h6-13H,3-5,14-17H2,1-2H3. The van der Waals surface area contributed by atoms with Crippen LogP contribution < -0.4 is 9.64 Å². The first-order valence-electron chi connectivity index (χ1n) is 9.38. The Morgan fingerprint density at radius 1 is 0.962 bits per heavy atom. The minimum absolute atomic E-state index is 0.284. The first-order chi connectivity index (χ1) is 12.7. The lowest BCUT2D eigenvalue weighted by Crippen LogP contribution is -2.48. The van der Waals surface area contributed by atoms with Gasteiger partial charge in [-0.2, -0.15) is 0 Å². The number of carbonyl (C=O) groups excluding carboxylic acids is 1. The van der Waals surface area contributed by atoms with Crippen molar-refractivity contribution in [1.29, 1.82) is 0 Å². The Hall–Kier alpha value is -2.49. The molecule has 1 saturated heterocycles. The van der Waals surface area contributed by atoms with Gasteiger partial charge in [-0.1, -0.05) is 29.8 Å². The third kappa shape index (κ3) is 4.78. The summed E-state index contributed by atoms with van der Waals surface area (Å²) in [5.74, 6) is 1.16. The predicted molar refractivity (Wildman–Crippen MR) is 106 cm³/mol. The monoisotopic (exact) mass is 352 g/mol. The van der Waals surface area contributed by atoms with Gasteiger partial charge in [-0.3, -0.25) is 4.79 Å². The molecule has 1 heterocycles. The van der Waals surface area contributed by atoms with Crippen LogP contribution >= 0.6 is 0 Å². The Balaban J connectivity index is 1.42. The third-order valence-electron chi connectivity index (χ3n) is 5.05. The Kier molecular flexibility index (Phi) is 6.16. The Morgan fingerprint density at radius 3 is 2.23 bits per heavy atom. The molecule has 3 rings (SSSR count). The van der Waals surface area contributed by atoms with Crippen molar-refractivity contribution in [1.82, 2.24) is 4.90 Å². The zero-order valence-corrected chi connectivity index (χ0v) is 15.8. The Morgan fingerprint density at radius 2 is 1.62 bits per heavy atom. The summed E-state index contributed by atoms with van der Waals surface area (Å²) < 4.78 is 5.21. The van der Waals surface area contributed by atoms with Gasteiger partial charge in [-0.15, -0.1) is 0 Å². The zero-order chi connectivity index (χ0) is 18.4. The van der Waals surface area contributed by atoms with Gasteiger partial charge >= 0.3 is 0 Å². The summed E-state index contributed by atoms with van der Waals surface area (Å²) in [5, 5.41) is 0. The summed E-state index contributed by atoms with van der Waals surface area (Å²) >= 11 is 0. The summed E-state index contributed by atoms with van der Waals surface area (Å²) in [6.07, 6.45) is 2.52. The maximum Gasteiger partial charge on any atom is 0.222 e. The van der Waals surface area contributed by atoms with E-state index in [9.17, 15) is 4.79 Å². The summed E-state index contributed by atoms with van der Waals surface area (Å²) in [5.41, 5.74) is 3.78. The SMILES string of the molecule is COc1ccc(N2CCN(C(=O)CCCc3ccc(C)cc3)CC2)cc1. The van der Waals surface area contributed by atoms with Gasteiger partial charge < -0.3 is 14.5 Å². The molecule has 26 heavy (non-hydrogen) atoms. The first kappa shape index (κ1) is 18.3.